The van der Waals surface area contributed by atoms with Crippen molar-refractivity contribution in [1.29, 1.82) is 0 Å². The molecule has 134 valence electrons. The number of carbonyl (C=O) groups is 1. The molecule has 0 unspecified atom stereocenters. The highest BCUT2D eigenvalue weighted by atomic mass is 32.2. The molecule has 1 aromatic heterocycles. The van der Waals surface area contributed by atoms with Crippen LogP contribution in [-0.2, 0) is 21.0 Å². The van der Waals surface area contributed by atoms with Crippen LogP contribution in [0.4, 0.5) is 18.9 Å². The van der Waals surface area contributed by atoms with E-state index in [0.717, 1.165) is 34.8 Å². The van der Waals surface area contributed by atoms with Gasteiger partial charge in [0.25, 0.3) is 0 Å². The van der Waals surface area contributed by atoms with E-state index in [1.54, 1.807) is 0 Å². The number of halogens is 3. The molecule has 0 fully saturated rings. The van der Waals surface area contributed by atoms with Crippen LogP contribution in [-0.4, -0.2) is 37.2 Å². The number of hydrogen-bond donors (Lipinski definition) is 1. The average Bonchev–Trinajstić information content (AvgIpc) is 2.55. The van der Waals surface area contributed by atoms with E-state index in [2.05, 4.69) is 10.3 Å². The molecule has 1 heterocycles. The normalized spacial score (nSPS) is 12.2. The first kappa shape index (κ1) is 18.9. The maximum Gasteiger partial charge on any atom is 0.416 e. The second kappa shape index (κ2) is 7.19. The van der Waals surface area contributed by atoms with E-state index in [4.69, 9.17) is 0 Å². The number of nitrogens with zero attached hydrogens (tertiary/aromatic N) is 2. The van der Waals surface area contributed by atoms with Gasteiger partial charge >= 0.3 is 6.18 Å². The van der Waals surface area contributed by atoms with Gasteiger partial charge in [-0.3, -0.25) is 9.78 Å². The molecule has 1 N–H and O–H groups in total. The van der Waals surface area contributed by atoms with Gasteiger partial charge in [0, 0.05) is 25.1 Å². The third-order valence-corrected chi connectivity index (χ3v) is 4.99. The minimum atomic E-state index is -4.47. The SMILES string of the molecule is CN(CC(=O)Nc1ccc(C(F)(F)F)cc1)S(=O)(=O)c1cccnc1. The molecule has 2 rings (SSSR count). The van der Waals surface area contributed by atoms with Gasteiger partial charge in [0.2, 0.25) is 15.9 Å². The fourth-order valence-electron chi connectivity index (χ4n) is 1.91. The zero-order valence-corrected chi connectivity index (χ0v) is 13.8. The Bertz CT molecular complexity index is 838. The van der Waals surface area contributed by atoms with Crippen LogP contribution < -0.4 is 5.32 Å². The number of carbonyl (C=O) groups excluding carboxylic acids is 1. The first-order chi connectivity index (χ1) is 11.6. The zero-order chi connectivity index (χ0) is 18.7. The van der Waals surface area contributed by atoms with Crippen molar-refractivity contribution in [2.75, 3.05) is 18.9 Å². The summed E-state index contributed by atoms with van der Waals surface area (Å²) in [7, 11) is -2.67. The number of amides is 1. The molecule has 0 atom stereocenters. The number of alkyl halides is 3. The summed E-state index contributed by atoms with van der Waals surface area (Å²) in [5.41, 5.74) is -0.716. The Hall–Kier alpha value is -2.46. The predicted octanol–water partition coefficient (Wildman–Crippen LogP) is 2.36. The van der Waals surface area contributed by atoms with E-state index in [0.29, 0.717) is 0 Å². The first-order valence-electron chi connectivity index (χ1n) is 6.94. The molecule has 6 nitrogen and oxygen atoms in total. The minimum absolute atomic E-state index is 0.0696. The van der Waals surface area contributed by atoms with Gasteiger partial charge in [0.15, 0.2) is 0 Å². The minimum Gasteiger partial charge on any atom is -0.325 e. The highest BCUT2D eigenvalue weighted by Crippen LogP contribution is 2.29. The lowest BCUT2D eigenvalue weighted by Crippen LogP contribution is -2.35. The zero-order valence-electron chi connectivity index (χ0n) is 13.0. The lowest BCUT2D eigenvalue weighted by Gasteiger charge is -2.16. The fourth-order valence-corrected chi connectivity index (χ4v) is 3.00. The summed E-state index contributed by atoms with van der Waals surface area (Å²) in [4.78, 5) is 15.6. The van der Waals surface area contributed by atoms with Crippen molar-refractivity contribution in [3.63, 3.8) is 0 Å². The van der Waals surface area contributed by atoms with Crippen LogP contribution in [0, 0.1) is 0 Å². The molecule has 0 saturated heterocycles. The Balaban J connectivity index is 2.02. The largest absolute Gasteiger partial charge is 0.416 e. The maximum atomic E-state index is 12.5. The number of nitrogens with one attached hydrogen (secondary N) is 1. The molecule has 1 amide bonds. The number of aromatic nitrogens is 1. The van der Waals surface area contributed by atoms with E-state index >= 15 is 0 Å². The van der Waals surface area contributed by atoms with Crippen molar-refractivity contribution < 1.29 is 26.4 Å². The molecule has 25 heavy (non-hydrogen) atoms. The number of rotatable bonds is 5. The summed E-state index contributed by atoms with van der Waals surface area (Å²) >= 11 is 0. The van der Waals surface area contributed by atoms with Gasteiger partial charge in [-0.1, -0.05) is 0 Å². The third kappa shape index (κ3) is 4.77. The number of pyridine rings is 1. The van der Waals surface area contributed by atoms with E-state index in [1.807, 2.05) is 0 Å². The number of anilines is 1. The molecule has 0 aliphatic carbocycles. The smallest absolute Gasteiger partial charge is 0.325 e. The summed E-state index contributed by atoms with van der Waals surface area (Å²) < 4.78 is 62.8. The lowest BCUT2D eigenvalue weighted by molar-refractivity contribution is -0.137. The van der Waals surface area contributed by atoms with Crippen molar-refractivity contribution in [3.05, 3.63) is 54.4 Å². The standard InChI is InChI=1S/C15H14F3N3O3S/c1-21(25(23,24)13-3-2-8-19-9-13)10-14(22)20-12-6-4-11(5-7-12)15(16,17)18/h2-9H,10H2,1H3,(H,20,22). The van der Waals surface area contributed by atoms with Gasteiger partial charge in [-0.15, -0.1) is 0 Å². The van der Waals surface area contributed by atoms with E-state index in [9.17, 15) is 26.4 Å². The Morgan fingerprint density at radius 2 is 1.84 bits per heavy atom. The fraction of sp³-hybridized carbons (Fsp3) is 0.200. The number of likely N-dealkylation sites (N-methyl/N-ethyl adjacent to an activating group) is 1. The van der Waals surface area contributed by atoms with Crippen molar-refractivity contribution in [2.45, 2.75) is 11.1 Å². The monoisotopic (exact) mass is 373 g/mol. The Morgan fingerprint density at radius 3 is 2.36 bits per heavy atom. The molecule has 0 radical (unpaired) electrons. The van der Waals surface area contributed by atoms with Gasteiger partial charge in [0.05, 0.1) is 12.1 Å². The summed E-state index contributed by atoms with van der Waals surface area (Å²) in [5.74, 6) is -0.685. The second-order valence-electron chi connectivity index (χ2n) is 5.07. The van der Waals surface area contributed by atoms with Crippen LogP contribution in [0.2, 0.25) is 0 Å². The van der Waals surface area contributed by atoms with E-state index in [1.165, 1.54) is 25.4 Å². The van der Waals surface area contributed by atoms with Gasteiger partial charge in [-0.05, 0) is 36.4 Å². The van der Waals surface area contributed by atoms with Crippen LogP contribution >= 0.6 is 0 Å². The molecule has 1 aromatic carbocycles. The highest BCUT2D eigenvalue weighted by Gasteiger charge is 2.30. The highest BCUT2D eigenvalue weighted by molar-refractivity contribution is 7.89. The average molecular weight is 373 g/mol. The molecule has 0 bridgehead atoms. The molecule has 2 aromatic rings. The summed E-state index contributed by atoms with van der Waals surface area (Å²) in [6, 6.07) is 6.62. The molecule has 0 spiro atoms. The van der Waals surface area contributed by atoms with Crippen molar-refractivity contribution in [3.8, 4) is 0 Å². The van der Waals surface area contributed by atoms with Gasteiger partial charge in [-0.2, -0.15) is 17.5 Å². The maximum absolute atomic E-state index is 12.5. The van der Waals surface area contributed by atoms with Crippen LogP contribution in [0.25, 0.3) is 0 Å². The number of hydrogen-bond acceptors (Lipinski definition) is 4. The lowest BCUT2D eigenvalue weighted by atomic mass is 10.2. The van der Waals surface area contributed by atoms with Crippen molar-refractivity contribution in [2.24, 2.45) is 0 Å². The Morgan fingerprint density at radius 1 is 1.20 bits per heavy atom. The van der Waals surface area contributed by atoms with Gasteiger partial charge in [0.1, 0.15) is 4.90 Å². The van der Waals surface area contributed by atoms with Crippen LogP contribution in [0.1, 0.15) is 5.56 Å². The summed E-state index contributed by atoms with van der Waals surface area (Å²) in [6.07, 6.45) is -1.91. The molecule has 0 aliphatic heterocycles. The van der Waals surface area contributed by atoms with E-state index < -0.39 is 34.2 Å². The third-order valence-electron chi connectivity index (χ3n) is 3.20. The van der Waals surface area contributed by atoms with Crippen LogP contribution in [0.5, 0.6) is 0 Å². The summed E-state index contributed by atoms with van der Waals surface area (Å²) in [6.45, 7) is -0.502. The van der Waals surface area contributed by atoms with Crippen molar-refractivity contribution in [1.82, 2.24) is 9.29 Å². The van der Waals surface area contributed by atoms with Crippen molar-refractivity contribution >= 4 is 21.6 Å². The number of sulfonamides is 1. The van der Waals surface area contributed by atoms with E-state index in [-0.39, 0.29) is 10.6 Å². The summed E-state index contributed by atoms with van der Waals surface area (Å²) in [5, 5.41) is 2.35. The quantitative estimate of drug-likeness (QED) is 0.873. The first-order valence-corrected chi connectivity index (χ1v) is 8.38. The molecular weight excluding hydrogens is 359 g/mol. The molecule has 0 aliphatic rings. The van der Waals surface area contributed by atoms with Crippen LogP contribution in [0.3, 0.4) is 0 Å². The van der Waals surface area contributed by atoms with Crippen LogP contribution in [0.15, 0.2) is 53.7 Å². The predicted molar refractivity (Wildman–Crippen MR) is 84.1 cm³/mol. The van der Waals surface area contributed by atoms with Gasteiger partial charge in [-0.25, -0.2) is 8.42 Å². The Kier molecular flexibility index (Phi) is 5.43. The molecule has 0 saturated carbocycles. The topological polar surface area (TPSA) is 79.4 Å². The second-order valence-corrected chi connectivity index (χ2v) is 7.12. The number of benzene rings is 1. The Labute approximate surface area is 142 Å². The van der Waals surface area contributed by atoms with Gasteiger partial charge < -0.3 is 5.32 Å². The molecular formula is C15H14F3N3O3S. The molecule has 10 heteroatoms.